The highest BCUT2D eigenvalue weighted by molar-refractivity contribution is 5.93. The van der Waals surface area contributed by atoms with Crippen molar-refractivity contribution in [1.29, 1.82) is 0 Å². The van der Waals surface area contributed by atoms with Crippen molar-refractivity contribution in [3.05, 3.63) is 66.0 Å². The van der Waals surface area contributed by atoms with Crippen LogP contribution in [-0.2, 0) is 20.1 Å². The fraction of sp³-hybridized carbons (Fsp3) is 0.480. The standard InChI is InChI=1S/C25H30FN3O3.ClH/c26-21-9-7-20(8-10-21)25(31-17-18-32-25)11-4-14-28-15-12-24(13-16-28)23(30)27-19-29(24)22-5-2-1-3-6-22;/h1-3,5-10H,4,11-19H2,(H,27,30);1H. The van der Waals surface area contributed by atoms with E-state index in [4.69, 9.17) is 9.47 Å². The number of para-hydroxylation sites is 1. The fourth-order valence-electron chi connectivity index (χ4n) is 5.33. The molecular formula is C25H31ClFN3O3. The van der Waals surface area contributed by atoms with Gasteiger partial charge in [0.2, 0.25) is 5.91 Å². The van der Waals surface area contributed by atoms with E-state index >= 15 is 0 Å². The number of rotatable bonds is 6. The number of carbonyl (C=O) groups excluding carboxylic acids is 1. The van der Waals surface area contributed by atoms with Crippen molar-refractivity contribution in [2.24, 2.45) is 0 Å². The van der Waals surface area contributed by atoms with E-state index in [9.17, 15) is 9.18 Å². The van der Waals surface area contributed by atoms with Gasteiger partial charge in [-0.25, -0.2) is 4.39 Å². The zero-order valence-corrected chi connectivity index (χ0v) is 19.5. The van der Waals surface area contributed by atoms with Crippen molar-refractivity contribution < 1.29 is 18.7 Å². The Balaban J connectivity index is 0.00000259. The third-order valence-electron chi connectivity index (χ3n) is 7.11. The quantitative estimate of drug-likeness (QED) is 0.691. The lowest BCUT2D eigenvalue weighted by molar-refractivity contribution is -0.172. The van der Waals surface area contributed by atoms with Crippen molar-refractivity contribution >= 4 is 24.0 Å². The normalized spacial score (nSPS) is 21.7. The molecule has 33 heavy (non-hydrogen) atoms. The van der Waals surface area contributed by atoms with Crippen molar-refractivity contribution in [1.82, 2.24) is 10.2 Å². The molecule has 1 N–H and O–H groups in total. The summed E-state index contributed by atoms with van der Waals surface area (Å²) in [5, 5.41) is 3.06. The molecule has 0 saturated carbocycles. The molecule has 0 aliphatic carbocycles. The minimum absolute atomic E-state index is 0. The van der Waals surface area contributed by atoms with Gasteiger partial charge in [-0.2, -0.15) is 0 Å². The van der Waals surface area contributed by atoms with Crippen LogP contribution in [0.3, 0.4) is 0 Å². The number of piperidine rings is 1. The van der Waals surface area contributed by atoms with Gasteiger partial charge in [-0.3, -0.25) is 4.79 Å². The minimum Gasteiger partial charge on any atom is -0.343 e. The summed E-state index contributed by atoms with van der Waals surface area (Å²) in [7, 11) is 0. The number of carbonyl (C=O) groups is 1. The average molecular weight is 476 g/mol. The van der Waals surface area contributed by atoms with Crippen LogP contribution in [0.5, 0.6) is 0 Å². The van der Waals surface area contributed by atoms with E-state index in [0.29, 0.717) is 19.9 Å². The molecule has 3 fully saturated rings. The highest BCUT2D eigenvalue weighted by atomic mass is 35.5. The molecule has 6 nitrogen and oxygen atoms in total. The molecule has 0 radical (unpaired) electrons. The SMILES string of the molecule is Cl.O=C1NCN(c2ccccc2)C12CCN(CCCC1(c3ccc(F)cc3)OCCO1)CC2. The highest BCUT2D eigenvalue weighted by Gasteiger charge is 2.50. The lowest BCUT2D eigenvalue weighted by Gasteiger charge is -2.43. The molecule has 0 aromatic heterocycles. The molecule has 1 amide bonds. The van der Waals surface area contributed by atoms with Gasteiger partial charge in [0.15, 0.2) is 5.79 Å². The van der Waals surface area contributed by atoms with Gasteiger partial charge in [0, 0.05) is 30.8 Å². The summed E-state index contributed by atoms with van der Waals surface area (Å²) in [5.74, 6) is -0.895. The monoisotopic (exact) mass is 475 g/mol. The molecule has 3 saturated heterocycles. The zero-order chi connectivity index (χ0) is 22.0. The second-order valence-electron chi connectivity index (χ2n) is 8.86. The lowest BCUT2D eigenvalue weighted by Crippen LogP contribution is -2.56. The summed E-state index contributed by atoms with van der Waals surface area (Å²) >= 11 is 0. The molecule has 2 aromatic carbocycles. The van der Waals surface area contributed by atoms with Gasteiger partial charge < -0.3 is 24.6 Å². The maximum atomic E-state index is 13.4. The predicted molar refractivity (Wildman–Crippen MR) is 127 cm³/mol. The first-order chi connectivity index (χ1) is 15.6. The van der Waals surface area contributed by atoms with E-state index in [1.165, 1.54) is 12.1 Å². The van der Waals surface area contributed by atoms with Gasteiger partial charge in [0.25, 0.3) is 0 Å². The molecule has 2 aromatic rings. The number of nitrogens with zero attached hydrogens (tertiary/aromatic N) is 2. The number of anilines is 1. The van der Waals surface area contributed by atoms with Crippen LogP contribution in [-0.4, -0.2) is 55.9 Å². The Morgan fingerprint density at radius 2 is 1.64 bits per heavy atom. The Morgan fingerprint density at radius 3 is 2.30 bits per heavy atom. The summed E-state index contributed by atoms with van der Waals surface area (Å²) in [6.07, 6.45) is 3.24. The summed E-state index contributed by atoms with van der Waals surface area (Å²) in [6, 6.07) is 16.6. The lowest BCUT2D eigenvalue weighted by atomic mass is 9.85. The summed E-state index contributed by atoms with van der Waals surface area (Å²) in [4.78, 5) is 17.5. The summed E-state index contributed by atoms with van der Waals surface area (Å²) in [6.45, 7) is 4.34. The smallest absolute Gasteiger partial charge is 0.247 e. The molecule has 3 heterocycles. The van der Waals surface area contributed by atoms with Crippen molar-refractivity contribution in [3.8, 4) is 0 Å². The molecule has 1 spiro atoms. The van der Waals surface area contributed by atoms with Crippen LogP contribution in [0.4, 0.5) is 10.1 Å². The highest BCUT2D eigenvalue weighted by Crippen LogP contribution is 2.38. The first-order valence-corrected chi connectivity index (χ1v) is 11.5. The Kier molecular flexibility index (Phi) is 7.24. The number of likely N-dealkylation sites (tertiary alicyclic amines) is 1. The number of nitrogens with one attached hydrogen (secondary N) is 1. The largest absolute Gasteiger partial charge is 0.343 e. The van der Waals surface area contributed by atoms with Gasteiger partial charge in [-0.05, 0) is 50.1 Å². The van der Waals surface area contributed by atoms with Crippen molar-refractivity contribution in [3.63, 3.8) is 0 Å². The van der Waals surface area contributed by atoms with Gasteiger partial charge in [-0.15, -0.1) is 12.4 Å². The molecule has 3 aliphatic heterocycles. The second-order valence-corrected chi connectivity index (χ2v) is 8.86. The van der Waals surface area contributed by atoms with E-state index in [-0.39, 0.29) is 24.1 Å². The number of ether oxygens (including phenoxy) is 2. The van der Waals surface area contributed by atoms with E-state index in [0.717, 1.165) is 56.6 Å². The van der Waals surface area contributed by atoms with Crippen LogP contribution < -0.4 is 10.2 Å². The summed E-state index contributed by atoms with van der Waals surface area (Å²) < 4.78 is 25.3. The van der Waals surface area contributed by atoms with Crippen LogP contribution >= 0.6 is 12.4 Å². The van der Waals surface area contributed by atoms with Crippen LogP contribution in [0, 0.1) is 5.82 Å². The Morgan fingerprint density at radius 1 is 0.970 bits per heavy atom. The Labute approximate surface area is 200 Å². The van der Waals surface area contributed by atoms with Gasteiger partial charge in [0.05, 0.1) is 19.9 Å². The van der Waals surface area contributed by atoms with Gasteiger partial charge >= 0.3 is 0 Å². The minimum atomic E-state index is -0.778. The maximum Gasteiger partial charge on any atom is 0.247 e. The molecule has 0 bridgehead atoms. The van der Waals surface area contributed by atoms with E-state index in [1.807, 2.05) is 18.2 Å². The Hall–Kier alpha value is -2.19. The van der Waals surface area contributed by atoms with E-state index in [1.54, 1.807) is 12.1 Å². The Bertz CT molecular complexity index is 930. The third kappa shape index (κ3) is 4.60. The topological polar surface area (TPSA) is 54.0 Å². The van der Waals surface area contributed by atoms with E-state index < -0.39 is 11.3 Å². The molecule has 0 atom stereocenters. The van der Waals surface area contributed by atoms with Crippen molar-refractivity contribution in [2.45, 2.75) is 37.0 Å². The molecule has 178 valence electrons. The van der Waals surface area contributed by atoms with Gasteiger partial charge in [-0.1, -0.05) is 30.3 Å². The molecule has 3 aliphatic rings. The van der Waals surface area contributed by atoms with E-state index in [2.05, 4.69) is 27.2 Å². The van der Waals surface area contributed by atoms with Crippen LogP contribution in [0.15, 0.2) is 54.6 Å². The first-order valence-electron chi connectivity index (χ1n) is 11.5. The predicted octanol–water partition coefficient (Wildman–Crippen LogP) is 3.66. The molecule has 0 unspecified atom stereocenters. The van der Waals surface area contributed by atoms with Crippen LogP contribution in [0.1, 0.15) is 31.2 Å². The number of halogens is 2. The zero-order valence-electron chi connectivity index (χ0n) is 18.7. The third-order valence-corrected chi connectivity index (χ3v) is 7.11. The molecular weight excluding hydrogens is 445 g/mol. The molecule has 5 rings (SSSR count). The van der Waals surface area contributed by atoms with Crippen molar-refractivity contribution in [2.75, 3.05) is 44.4 Å². The second kappa shape index (κ2) is 9.97. The number of hydrogen-bond donors (Lipinski definition) is 1. The van der Waals surface area contributed by atoms with Gasteiger partial charge in [0.1, 0.15) is 11.4 Å². The number of benzene rings is 2. The van der Waals surface area contributed by atoms with Crippen LogP contribution in [0.25, 0.3) is 0 Å². The number of amides is 1. The van der Waals surface area contributed by atoms with Crippen LogP contribution in [0.2, 0.25) is 0 Å². The first kappa shape index (κ1) is 24.0. The maximum absolute atomic E-state index is 13.4. The summed E-state index contributed by atoms with van der Waals surface area (Å²) in [5.41, 5.74) is 1.51. The molecule has 8 heteroatoms. The fourth-order valence-corrected chi connectivity index (χ4v) is 5.33. The number of hydrogen-bond acceptors (Lipinski definition) is 5. The average Bonchev–Trinajstić information content (AvgIpc) is 3.42.